The summed E-state index contributed by atoms with van der Waals surface area (Å²) in [4.78, 5) is 0. The van der Waals surface area contributed by atoms with Crippen LogP contribution in [-0.2, 0) is 6.42 Å². The van der Waals surface area contributed by atoms with E-state index in [1.54, 1.807) is 0 Å². The van der Waals surface area contributed by atoms with Crippen LogP contribution in [0.25, 0.3) is 77.3 Å². The largest absolute Gasteiger partial charge is 0.0753 e. The van der Waals surface area contributed by atoms with Gasteiger partial charge in [0, 0.05) is 5.92 Å². The van der Waals surface area contributed by atoms with Crippen LogP contribution in [0.1, 0.15) is 28.2 Å². The molecule has 0 aliphatic heterocycles. The van der Waals surface area contributed by atoms with Gasteiger partial charge in [-0.15, -0.1) is 0 Å². The van der Waals surface area contributed by atoms with E-state index in [0.717, 1.165) is 6.42 Å². The molecule has 8 aromatic rings. The Morgan fingerprint density at radius 2 is 1.15 bits per heavy atom. The van der Waals surface area contributed by atoms with Crippen molar-refractivity contribution in [2.45, 2.75) is 12.3 Å². The van der Waals surface area contributed by atoms with Crippen molar-refractivity contribution in [3.8, 4) is 33.4 Å². The van der Waals surface area contributed by atoms with Crippen molar-refractivity contribution in [1.29, 1.82) is 0 Å². The molecule has 1 atom stereocenters. The van der Waals surface area contributed by atoms with Gasteiger partial charge < -0.3 is 0 Å². The van der Waals surface area contributed by atoms with Gasteiger partial charge in [0.15, 0.2) is 0 Å². The van der Waals surface area contributed by atoms with E-state index in [9.17, 15) is 0 Å². The second-order valence-corrected chi connectivity index (χ2v) is 13.2. The molecular weight excluding hydrogens is 577 g/mol. The average molecular weight is 609 g/mol. The molecule has 0 aromatic heterocycles. The summed E-state index contributed by atoms with van der Waals surface area (Å²) in [5.74, 6) is 0.239. The molecule has 10 rings (SSSR count). The second-order valence-electron chi connectivity index (χ2n) is 13.2. The maximum Gasteiger partial charge on any atom is 0.0276 e. The Balaban J connectivity index is 1.01. The summed E-state index contributed by atoms with van der Waals surface area (Å²) in [5.41, 5.74) is 14.5. The number of allylic oxidation sites excluding steroid dienone is 3. The van der Waals surface area contributed by atoms with Gasteiger partial charge in [0.2, 0.25) is 0 Å². The molecular formula is C48H32. The van der Waals surface area contributed by atoms with Crippen LogP contribution in [-0.4, -0.2) is 0 Å². The van der Waals surface area contributed by atoms with Crippen molar-refractivity contribution >= 4 is 44.0 Å². The standard InChI is InChI=1S/C48H32/c1-2-8-39-30-40(21-14-31(39)6-1)32-12-15-35(16-13-32)43-26-22-37-25-29-46-44(27-23-38-24-28-45(43)47(37)48(38)46)36-19-17-34(18-20-36)42-11-5-9-33-7-3-4-10-41(33)42/h1-24,26-30,44H,25H2. The zero-order chi connectivity index (χ0) is 31.6. The first-order chi connectivity index (χ1) is 23.8. The highest BCUT2D eigenvalue weighted by atomic mass is 14.3. The number of hydrogen-bond acceptors (Lipinski definition) is 0. The first-order valence-electron chi connectivity index (χ1n) is 16.9. The van der Waals surface area contributed by atoms with Crippen LogP contribution in [0.15, 0.2) is 170 Å². The molecule has 0 fully saturated rings. The molecule has 8 aromatic carbocycles. The van der Waals surface area contributed by atoms with Gasteiger partial charge in [0.25, 0.3) is 0 Å². The zero-order valence-electron chi connectivity index (χ0n) is 26.5. The van der Waals surface area contributed by atoms with Crippen molar-refractivity contribution < 1.29 is 0 Å². The molecule has 2 aliphatic rings. The van der Waals surface area contributed by atoms with Gasteiger partial charge in [-0.25, -0.2) is 0 Å². The molecule has 224 valence electrons. The molecule has 2 aliphatic carbocycles. The molecule has 0 heterocycles. The van der Waals surface area contributed by atoms with Gasteiger partial charge in [-0.1, -0.05) is 170 Å². The summed E-state index contributed by atoms with van der Waals surface area (Å²) in [6.07, 6.45) is 8.18. The van der Waals surface area contributed by atoms with Crippen LogP contribution in [0.5, 0.6) is 0 Å². The van der Waals surface area contributed by atoms with Gasteiger partial charge in [0.05, 0.1) is 0 Å². The summed E-state index contributed by atoms with van der Waals surface area (Å²) in [7, 11) is 0. The molecule has 0 radical (unpaired) electrons. The summed E-state index contributed by atoms with van der Waals surface area (Å²) in [5, 5.41) is 7.89. The molecule has 0 spiro atoms. The van der Waals surface area contributed by atoms with Crippen LogP contribution < -0.4 is 0 Å². The quantitative estimate of drug-likeness (QED) is 0.186. The Hall–Kier alpha value is -5.98. The fraction of sp³-hybridized carbons (Fsp3) is 0.0417. The zero-order valence-corrected chi connectivity index (χ0v) is 26.5. The van der Waals surface area contributed by atoms with Crippen LogP contribution in [0.4, 0.5) is 0 Å². The van der Waals surface area contributed by atoms with Crippen molar-refractivity contribution in [1.82, 2.24) is 0 Å². The highest BCUT2D eigenvalue weighted by Gasteiger charge is 2.27. The molecule has 48 heavy (non-hydrogen) atoms. The molecule has 0 heteroatoms. The topological polar surface area (TPSA) is 0 Å². The maximum atomic E-state index is 2.48. The van der Waals surface area contributed by atoms with Crippen LogP contribution in [0, 0.1) is 0 Å². The Morgan fingerprint density at radius 3 is 2.00 bits per heavy atom. The van der Waals surface area contributed by atoms with E-state index in [4.69, 9.17) is 0 Å². The minimum atomic E-state index is 0.239. The van der Waals surface area contributed by atoms with Crippen molar-refractivity contribution in [3.05, 3.63) is 192 Å². The summed E-state index contributed by atoms with van der Waals surface area (Å²) >= 11 is 0. The molecule has 0 bridgehead atoms. The van der Waals surface area contributed by atoms with Crippen LogP contribution >= 0.6 is 0 Å². The lowest BCUT2D eigenvalue weighted by Crippen LogP contribution is -2.10. The number of hydrogen-bond donors (Lipinski definition) is 0. The predicted octanol–water partition coefficient (Wildman–Crippen LogP) is 12.9. The summed E-state index contributed by atoms with van der Waals surface area (Å²) in [6, 6.07) is 58.3. The first kappa shape index (κ1) is 27.2. The third-order valence-corrected chi connectivity index (χ3v) is 10.6. The lowest BCUT2D eigenvalue weighted by molar-refractivity contribution is 1.08. The Bertz CT molecular complexity index is 2610. The molecule has 1 unspecified atom stereocenters. The van der Waals surface area contributed by atoms with Gasteiger partial charge in [0.1, 0.15) is 0 Å². The fourth-order valence-corrected chi connectivity index (χ4v) is 8.16. The van der Waals surface area contributed by atoms with Crippen LogP contribution in [0.2, 0.25) is 0 Å². The van der Waals surface area contributed by atoms with E-state index < -0.39 is 0 Å². The monoisotopic (exact) mass is 608 g/mol. The third-order valence-electron chi connectivity index (χ3n) is 10.6. The number of fused-ring (bicyclic) bond motifs is 2. The number of rotatable bonds is 4. The van der Waals surface area contributed by atoms with E-state index >= 15 is 0 Å². The lowest BCUT2D eigenvalue weighted by Gasteiger charge is -2.30. The van der Waals surface area contributed by atoms with E-state index in [2.05, 4.69) is 176 Å². The van der Waals surface area contributed by atoms with E-state index in [1.807, 2.05) is 0 Å². The highest BCUT2D eigenvalue weighted by Crippen LogP contribution is 2.48. The Kier molecular flexibility index (Phi) is 6.11. The first-order valence-corrected chi connectivity index (χ1v) is 16.9. The van der Waals surface area contributed by atoms with Crippen LogP contribution in [0.3, 0.4) is 0 Å². The maximum absolute atomic E-state index is 2.48. The normalized spacial score (nSPS) is 14.8. The minimum Gasteiger partial charge on any atom is -0.0753 e. The predicted molar refractivity (Wildman–Crippen MR) is 205 cm³/mol. The molecule has 0 amide bonds. The van der Waals surface area contributed by atoms with Gasteiger partial charge in [-0.3, -0.25) is 0 Å². The Morgan fingerprint density at radius 1 is 0.458 bits per heavy atom. The molecule has 0 saturated heterocycles. The SMILES string of the molecule is C1=CC(c2ccc(-c3cccc4ccccc34)cc2)C2=CCc3ccc(-c4ccc(-c5ccc6ccccc6c5)cc4)c4ccc1c2c34. The third kappa shape index (κ3) is 4.30. The lowest BCUT2D eigenvalue weighted by atomic mass is 9.74. The summed E-state index contributed by atoms with van der Waals surface area (Å²) < 4.78 is 0. The van der Waals surface area contributed by atoms with Gasteiger partial charge in [-0.05, 0) is 106 Å². The molecule has 0 saturated carbocycles. The smallest absolute Gasteiger partial charge is 0.0276 e. The van der Waals surface area contributed by atoms with E-state index in [0.29, 0.717) is 0 Å². The number of benzene rings is 8. The van der Waals surface area contributed by atoms with E-state index in [-0.39, 0.29) is 5.92 Å². The van der Waals surface area contributed by atoms with Crippen molar-refractivity contribution in [2.24, 2.45) is 0 Å². The van der Waals surface area contributed by atoms with Gasteiger partial charge in [-0.2, -0.15) is 0 Å². The van der Waals surface area contributed by atoms with E-state index in [1.165, 1.54) is 93.5 Å². The average Bonchev–Trinajstić information content (AvgIpc) is 3.16. The Labute approximate surface area is 281 Å². The van der Waals surface area contributed by atoms with Crippen molar-refractivity contribution in [3.63, 3.8) is 0 Å². The molecule has 0 N–H and O–H groups in total. The fourth-order valence-electron chi connectivity index (χ4n) is 8.16. The van der Waals surface area contributed by atoms with Crippen molar-refractivity contribution in [2.75, 3.05) is 0 Å². The van der Waals surface area contributed by atoms with Gasteiger partial charge >= 0.3 is 0 Å². The minimum absolute atomic E-state index is 0.239. The highest BCUT2D eigenvalue weighted by molar-refractivity contribution is 6.09. The molecule has 0 nitrogen and oxygen atoms in total. The summed E-state index contributed by atoms with van der Waals surface area (Å²) in [6.45, 7) is 0. The second kappa shape index (κ2) is 10.8.